The lowest BCUT2D eigenvalue weighted by molar-refractivity contribution is 0.0909. The molecule has 6 heteroatoms. The number of rotatable bonds is 8. The Morgan fingerprint density at radius 3 is 2.57 bits per heavy atom. The molecule has 6 nitrogen and oxygen atoms in total. The summed E-state index contributed by atoms with van der Waals surface area (Å²) in [6, 6.07) is 5.64. The summed E-state index contributed by atoms with van der Waals surface area (Å²) in [6.07, 6.45) is 3.44. The van der Waals surface area contributed by atoms with Gasteiger partial charge < -0.3 is 20.5 Å². The van der Waals surface area contributed by atoms with Gasteiger partial charge in [-0.2, -0.15) is 0 Å². The van der Waals surface area contributed by atoms with Gasteiger partial charge >= 0.3 is 0 Å². The molecular formula is C24H34N4O2. The number of benzene rings is 1. The van der Waals surface area contributed by atoms with E-state index in [0.717, 1.165) is 60.8 Å². The molecule has 2 aromatic rings. The Labute approximate surface area is 179 Å². The number of hydrogen-bond acceptors (Lipinski definition) is 4. The van der Waals surface area contributed by atoms with Gasteiger partial charge in [0.05, 0.1) is 5.56 Å². The van der Waals surface area contributed by atoms with Crippen LogP contribution in [0.2, 0.25) is 0 Å². The van der Waals surface area contributed by atoms with Crippen molar-refractivity contribution in [2.24, 2.45) is 11.1 Å². The number of carbonyl (C=O) groups is 2. The lowest BCUT2D eigenvalue weighted by Gasteiger charge is -2.30. The smallest absolute Gasteiger partial charge is 0.250 e. The van der Waals surface area contributed by atoms with Crippen LogP contribution in [0.25, 0.3) is 5.69 Å². The molecule has 0 fully saturated rings. The number of carbonyl (C=O) groups excluding carboxylic acids is 2. The van der Waals surface area contributed by atoms with E-state index in [1.165, 1.54) is 0 Å². The Hall–Kier alpha value is -2.60. The fourth-order valence-electron chi connectivity index (χ4n) is 4.44. The number of aryl methyl sites for hydroxylation is 1. The summed E-state index contributed by atoms with van der Waals surface area (Å²) < 4.78 is 2.10. The van der Waals surface area contributed by atoms with Gasteiger partial charge in [0.15, 0.2) is 5.78 Å². The van der Waals surface area contributed by atoms with Crippen molar-refractivity contribution in [2.75, 3.05) is 31.5 Å². The molecule has 0 radical (unpaired) electrons. The second kappa shape index (κ2) is 8.64. The summed E-state index contributed by atoms with van der Waals surface area (Å²) in [6.45, 7) is 14.1. The summed E-state index contributed by atoms with van der Waals surface area (Å²) in [4.78, 5) is 27.0. The summed E-state index contributed by atoms with van der Waals surface area (Å²) >= 11 is 0. The first kappa shape index (κ1) is 22.1. The molecule has 1 aliphatic rings. The first-order valence-corrected chi connectivity index (χ1v) is 10.8. The summed E-state index contributed by atoms with van der Waals surface area (Å²) in [5.74, 6) is -0.238. The molecule has 0 unspecified atom stereocenters. The molecule has 0 aliphatic heterocycles. The van der Waals surface area contributed by atoms with Crippen molar-refractivity contribution in [3.05, 3.63) is 46.8 Å². The van der Waals surface area contributed by atoms with E-state index in [9.17, 15) is 9.59 Å². The number of fused-ring (bicyclic) bond motifs is 1. The van der Waals surface area contributed by atoms with Gasteiger partial charge in [0, 0.05) is 48.3 Å². The summed E-state index contributed by atoms with van der Waals surface area (Å²) in [5, 5.41) is 3.39. The van der Waals surface area contributed by atoms with Crippen molar-refractivity contribution >= 4 is 17.4 Å². The van der Waals surface area contributed by atoms with Gasteiger partial charge in [0.1, 0.15) is 0 Å². The fourth-order valence-corrected chi connectivity index (χ4v) is 4.44. The molecule has 1 aliphatic carbocycles. The van der Waals surface area contributed by atoms with Crippen LogP contribution in [0.5, 0.6) is 0 Å². The number of nitrogens with zero attached hydrogens (tertiary/aromatic N) is 2. The number of hydrogen-bond donors (Lipinski definition) is 2. The van der Waals surface area contributed by atoms with Crippen LogP contribution >= 0.6 is 0 Å². The molecule has 0 saturated carbocycles. The second-order valence-electron chi connectivity index (χ2n) is 8.99. The number of Topliss-reactive ketones (excluding diaryl/α,β-unsaturated/α-hetero) is 1. The third-order valence-corrected chi connectivity index (χ3v) is 6.05. The van der Waals surface area contributed by atoms with Gasteiger partial charge in [-0.1, -0.05) is 27.7 Å². The van der Waals surface area contributed by atoms with E-state index in [1.807, 2.05) is 25.3 Å². The minimum Gasteiger partial charge on any atom is -0.383 e. The topological polar surface area (TPSA) is 80.4 Å². The van der Waals surface area contributed by atoms with Gasteiger partial charge in [0.2, 0.25) is 0 Å². The molecule has 0 bridgehead atoms. The minimum atomic E-state index is -0.450. The number of nitrogens with one attached hydrogen (secondary N) is 1. The predicted molar refractivity (Wildman–Crippen MR) is 122 cm³/mol. The maximum absolute atomic E-state index is 12.7. The number of amides is 1. The Bertz CT molecular complexity index is 954. The Kier molecular flexibility index (Phi) is 6.36. The molecule has 1 amide bonds. The maximum Gasteiger partial charge on any atom is 0.250 e. The SMILES string of the molecule is CCN(CC)CCNc1cc(-n2cc(C)c3c2CC(C)(C)CC3=O)ccc1C(N)=O. The number of ketones is 1. The Balaban J connectivity index is 1.97. The molecule has 1 heterocycles. The quantitative estimate of drug-likeness (QED) is 0.694. The Morgan fingerprint density at radius 2 is 1.93 bits per heavy atom. The lowest BCUT2D eigenvalue weighted by atomic mass is 9.75. The molecule has 0 spiro atoms. The average molecular weight is 411 g/mol. The standard InChI is InChI=1S/C24H34N4O2/c1-6-27(7-2)11-10-26-19-12-17(8-9-18(19)23(25)30)28-15-16(3)22-20(28)13-24(4,5)14-21(22)29/h8-9,12,15,26H,6-7,10-11,13-14H2,1-5H3,(H2,25,30). The van der Waals surface area contributed by atoms with Gasteiger partial charge in [-0.15, -0.1) is 0 Å². The first-order valence-electron chi connectivity index (χ1n) is 10.8. The van der Waals surface area contributed by atoms with E-state index in [2.05, 4.69) is 42.5 Å². The highest BCUT2D eigenvalue weighted by molar-refractivity contribution is 6.01. The zero-order valence-electron chi connectivity index (χ0n) is 18.8. The van der Waals surface area contributed by atoms with E-state index in [0.29, 0.717) is 12.0 Å². The first-order chi connectivity index (χ1) is 14.2. The molecule has 162 valence electrons. The zero-order chi connectivity index (χ0) is 22.1. The molecule has 3 N–H and O–H groups in total. The highest BCUT2D eigenvalue weighted by Crippen LogP contribution is 2.38. The monoisotopic (exact) mass is 410 g/mol. The molecule has 0 atom stereocenters. The van der Waals surface area contributed by atoms with E-state index < -0.39 is 5.91 Å². The summed E-state index contributed by atoms with van der Waals surface area (Å²) in [7, 11) is 0. The Morgan fingerprint density at radius 1 is 1.23 bits per heavy atom. The highest BCUT2D eigenvalue weighted by Gasteiger charge is 2.34. The van der Waals surface area contributed by atoms with Crippen LogP contribution in [0.3, 0.4) is 0 Å². The number of anilines is 1. The largest absolute Gasteiger partial charge is 0.383 e. The van der Waals surface area contributed by atoms with E-state index in [-0.39, 0.29) is 11.2 Å². The second-order valence-corrected chi connectivity index (χ2v) is 8.99. The van der Waals surface area contributed by atoms with Gasteiger partial charge in [-0.05, 0) is 55.6 Å². The molecule has 3 rings (SSSR count). The van der Waals surface area contributed by atoms with Crippen molar-refractivity contribution in [1.29, 1.82) is 0 Å². The van der Waals surface area contributed by atoms with Crippen LogP contribution < -0.4 is 11.1 Å². The van der Waals surface area contributed by atoms with Crippen molar-refractivity contribution < 1.29 is 9.59 Å². The van der Waals surface area contributed by atoms with Crippen LogP contribution in [0.4, 0.5) is 5.69 Å². The third kappa shape index (κ3) is 4.43. The van der Waals surface area contributed by atoms with E-state index in [4.69, 9.17) is 5.73 Å². The lowest BCUT2D eigenvalue weighted by Crippen LogP contribution is -2.29. The molecule has 1 aromatic carbocycles. The number of aromatic nitrogens is 1. The van der Waals surface area contributed by atoms with Crippen LogP contribution in [0.1, 0.15) is 66.1 Å². The molecule has 1 aromatic heterocycles. The predicted octanol–water partition coefficient (Wildman–Crippen LogP) is 3.79. The highest BCUT2D eigenvalue weighted by atomic mass is 16.1. The van der Waals surface area contributed by atoms with Gasteiger partial charge in [-0.25, -0.2) is 0 Å². The van der Waals surface area contributed by atoms with Crippen LogP contribution in [0, 0.1) is 12.3 Å². The minimum absolute atomic E-state index is 0.0648. The third-order valence-electron chi connectivity index (χ3n) is 6.05. The van der Waals surface area contributed by atoms with Crippen LogP contribution in [0.15, 0.2) is 24.4 Å². The van der Waals surface area contributed by atoms with E-state index >= 15 is 0 Å². The van der Waals surface area contributed by atoms with Crippen LogP contribution in [-0.2, 0) is 6.42 Å². The summed E-state index contributed by atoms with van der Waals surface area (Å²) in [5.41, 5.74) is 10.6. The van der Waals surface area contributed by atoms with Gasteiger partial charge in [-0.3, -0.25) is 9.59 Å². The molecular weight excluding hydrogens is 376 g/mol. The van der Waals surface area contributed by atoms with Crippen molar-refractivity contribution in [3.8, 4) is 5.69 Å². The number of likely N-dealkylation sites (N-methyl/N-ethyl adjacent to an activating group) is 1. The van der Waals surface area contributed by atoms with Crippen molar-refractivity contribution in [1.82, 2.24) is 9.47 Å². The zero-order valence-corrected chi connectivity index (χ0v) is 18.8. The maximum atomic E-state index is 12.7. The number of nitrogens with two attached hydrogens (primary N) is 1. The molecule has 0 saturated heterocycles. The van der Waals surface area contributed by atoms with Crippen LogP contribution in [-0.4, -0.2) is 47.3 Å². The molecule has 30 heavy (non-hydrogen) atoms. The normalized spacial score (nSPS) is 15.3. The average Bonchev–Trinajstić information content (AvgIpc) is 3.00. The fraction of sp³-hybridized carbons (Fsp3) is 0.500. The van der Waals surface area contributed by atoms with E-state index in [1.54, 1.807) is 6.07 Å². The van der Waals surface area contributed by atoms with Gasteiger partial charge in [0.25, 0.3) is 5.91 Å². The van der Waals surface area contributed by atoms with Crippen molar-refractivity contribution in [2.45, 2.75) is 47.5 Å². The van der Waals surface area contributed by atoms with Crippen molar-refractivity contribution in [3.63, 3.8) is 0 Å². The number of primary amides is 1.